The van der Waals surface area contributed by atoms with E-state index < -0.39 is 10.0 Å². The fraction of sp³-hybridized carbons (Fsp3) is 0.667. The van der Waals surface area contributed by atoms with Gasteiger partial charge in [0.15, 0.2) is 0 Å². The van der Waals surface area contributed by atoms with Crippen LogP contribution in [0.2, 0.25) is 0 Å². The molecule has 0 N–H and O–H groups in total. The lowest BCUT2D eigenvalue weighted by atomic mass is 9.89. The zero-order chi connectivity index (χ0) is 15.6. The summed E-state index contributed by atoms with van der Waals surface area (Å²) in [5, 5.41) is 0. The number of pyridine rings is 1. The topological polar surface area (TPSA) is 68.7 Å². The molecule has 3 rings (SSSR count). The molecule has 0 aliphatic carbocycles. The van der Waals surface area contributed by atoms with Crippen LogP contribution in [-0.2, 0) is 26.1 Å². The molecule has 1 aromatic heterocycles. The normalized spacial score (nSPS) is 25.6. The second-order valence-electron chi connectivity index (χ2n) is 6.15. The SMILES string of the molecule is CS(=O)(=O)N1CCC2(CC1)C[C@H](OCc1cccnc1)CO2. The molecule has 1 aromatic rings. The maximum Gasteiger partial charge on any atom is 0.211 e. The van der Waals surface area contributed by atoms with Crippen molar-refractivity contribution in [3.8, 4) is 0 Å². The summed E-state index contributed by atoms with van der Waals surface area (Å²) in [6.45, 7) is 2.19. The highest BCUT2D eigenvalue weighted by molar-refractivity contribution is 7.88. The molecule has 1 atom stereocenters. The first-order chi connectivity index (χ1) is 10.5. The molecule has 2 fully saturated rings. The summed E-state index contributed by atoms with van der Waals surface area (Å²) < 4.78 is 36.6. The van der Waals surface area contributed by atoms with E-state index in [-0.39, 0.29) is 11.7 Å². The van der Waals surface area contributed by atoms with E-state index in [9.17, 15) is 8.42 Å². The number of nitrogens with zero attached hydrogens (tertiary/aromatic N) is 2. The van der Waals surface area contributed by atoms with Gasteiger partial charge in [0.25, 0.3) is 0 Å². The summed E-state index contributed by atoms with van der Waals surface area (Å²) in [7, 11) is -3.09. The maximum absolute atomic E-state index is 11.6. The van der Waals surface area contributed by atoms with E-state index in [2.05, 4.69) is 4.98 Å². The molecule has 7 heteroatoms. The molecule has 22 heavy (non-hydrogen) atoms. The second-order valence-corrected chi connectivity index (χ2v) is 8.14. The Labute approximate surface area is 131 Å². The summed E-state index contributed by atoms with van der Waals surface area (Å²) in [6.07, 6.45) is 7.21. The van der Waals surface area contributed by atoms with Crippen LogP contribution in [0.25, 0.3) is 0 Å². The number of hydrogen-bond donors (Lipinski definition) is 0. The number of ether oxygens (including phenoxy) is 2. The molecule has 0 bridgehead atoms. The summed E-state index contributed by atoms with van der Waals surface area (Å²) in [4.78, 5) is 4.07. The summed E-state index contributed by atoms with van der Waals surface area (Å²) >= 11 is 0. The molecule has 122 valence electrons. The number of piperidine rings is 1. The number of hydrogen-bond acceptors (Lipinski definition) is 5. The Hall–Kier alpha value is -1.02. The van der Waals surface area contributed by atoms with Gasteiger partial charge in [0.2, 0.25) is 10.0 Å². The van der Waals surface area contributed by atoms with Crippen molar-refractivity contribution in [2.75, 3.05) is 26.0 Å². The number of aromatic nitrogens is 1. The molecule has 3 heterocycles. The average Bonchev–Trinajstić information content (AvgIpc) is 2.89. The fourth-order valence-electron chi connectivity index (χ4n) is 3.18. The van der Waals surface area contributed by atoms with Crippen LogP contribution in [0.3, 0.4) is 0 Å². The second kappa shape index (κ2) is 6.23. The maximum atomic E-state index is 11.6. The van der Waals surface area contributed by atoms with Crippen molar-refractivity contribution in [1.82, 2.24) is 9.29 Å². The van der Waals surface area contributed by atoms with Crippen LogP contribution in [0.5, 0.6) is 0 Å². The molecule has 0 saturated carbocycles. The lowest BCUT2D eigenvalue weighted by Gasteiger charge is -2.37. The van der Waals surface area contributed by atoms with E-state index in [1.54, 1.807) is 12.4 Å². The van der Waals surface area contributed by atoms with E-state index in [4.69, 9.17) is 9.47 Å². The van der Waals surface area contributed by atoms with Crippen LogP contribution in [-0.4, -0.2) is 55.4 Å². The highest BCUT2D eigenvalue weighted by Gasteiger charge is 2.44. The van der Waals surface area contributed by atoms with Crippen LogP contribution >= 0.6 is 0 Å². The van der Waals surface area contributed by atoms with Gasteiger partial charge in [-0.2, -0.15) is 0 Å². The van der Waals surface area contributed by atoms with Crippen molar-refractivity contribution < 1.29 is 17.9 Å². The van der Waals surface area contributed by atoms with Crippen molar-refractivity contribution >= 4 is 10.0 Å². The predicted octanol–water partition coefficient (Wildman–Crippen LogP) is 1.18. The van der Waals surface area contributed by atoms with E-state index in [0.29, 0.717) is 26.3 Å². The van der Waals surface area contributed by atoms with E-state index in [0.717, 1.165) is 24.8 Å². The minimum atomic E-state index is -3.09. The van der Waals surface area contributed by atoms with Crippen LogP contribution in [0.15, 0.2) is 24.5 Å². The summed E-state index contributed by atoms with van der Waals surface area (Å²) in [6, 6.07) is 3.88. The highest BCUT2D eigenvalue weighted by Crippen LogP contribution is 2.37. The Morgan fingerprint density at radius 3 is 2.86 bits per heavy atom. The molecule has 2 aliphatic rings. The molecular formula is C15H22N2O4S. The molecule has 2 saturated heterocycles. The lowest BCUT2D eigenvalue weighted by molar-refractivity contribution is -0.0342. The van der Waals surface area contributed by atoms with Gasteiger partial charge in [0.1, 0.15) is 0 Å². The molecule has 0 unspecified atom stereocenters. The first-order valence-electron chi connectivity index (χ1n) is 7.56. The van der Waals surface area contributed by atoms with Crippen molar-refractivity contribution in [1.29, 1.82) is 0 Å². The van der Waals surface area contributed by atoms with Gasteiger partial charge < -0.3 is 9.47 Å². The quantitative estimate of drug-likeness (QED) is 0.831. The standard InChI is InChI=1S/C15H22N2O4S/c1-22(18,19)17-7-4-15(5-8-17)9-14(12-21-15)20-11-13-3-2-6-16-10-13/h2-3,6,10,14H,4-5,7-9,11-12H2,1H3/t14-/m0/s1. The zero-order valence-corrected chi connectivity index (χ0v) is 13.6. The van der Waals surface area contributed by atoms with Crippen molar-refractivity contribution in [2.45, 2.75) is 37.6 Å². The van der Waals surface area contributed by atoms with E-state index >= 15 is 0 Å². The van der Waals surface area contributed by atoms with Gasteiger partial charge in [-0.3, -0.25) is 4.98 Å². The average molecular weight is 326 g/mol. The molecule has 6 nitrogen and oxygen atoms in total. The van der Waals surface area contributed by atoms with Gasteiger partial charge in [-0.15, -0.1) is 0 Å². The first-order valence-corrected chi connectivity index (χ1v) is 9.41. The third-order valence-electron chi connectivity index (χ3n) is 4.49. The zero-order valence-electron chi connectivity index (χ0n) is 12.8. The van der Waals surface area contributed by atoms with Gasteiger partial charge >= 0.3 is 0 Å². The smallest absolute Gasteiger partial charge is 0.211 e. The molecule has 0 radical (unpaired) electrons. The van der Waals surface area contributed by atoms with Gasteiger partial charge in [-0.25, -0.2) is 12.7 Å². The molecule has 1 spiro atoms. The Morgan fingerprint density at radius 2 is 2.23 bits per heavy atom. The monoisotopic (exact) mass is 326 g/mol. The van der Waals surface area contributed by atoms with Crippen LogP contribution in [0, 0.1) is 0 Å². The Kier molecular flexibility index (Phi) is 4.49. The molecule has 0 aromatic carbocycles. The third-order valence-corrected chi connectivity index (χ3v) is 5.79. The van der Waals surface area contributed by atoms with Crippen LogP contribution in [0.1, 0.15) is 24.8 Å². The van der Waals surface area contributed by atoms with E-state index in [1.165, 1.54) is 10.6 Å². The largest absolute Gasteiger partial charge is 0.372 e. The van der Waals surface area contributed by atoms with E-state index in [1.807, 2.05) is 12.1 Å². The lowest BCUT2D eigenvalue weighted by Crippen LogP contribution is -2.46. The molecular weight excluding hydrogens is 304 g/mol. The number of sulfonamides is 1. The summed E-state index contributed by atoms with van der Waals surface area (Å²) in [5.74, 6) is 0. The van der Waals surface area contributed by atoms with Crippen LogP contribution in [0.4, 0.5) is 0 Å². The van der Waals surface area contributed by atoms with Crippen molar-refractivity contribution in [3.63, 3.8) is 0 Å². The van der Waals surface area contributed by atoms with Gasteiger partial charge in [0.05, 0.1) is 31.2 Å². The molecule has 0 amide bonds. The minimum absolute atomic E-state index is 0.0741. The van der Waals surface area contributed by atoms with Crippen molar-refractivity contribution in [2.24, 2.45) is 0 Å². The Bertz CT molecular complexity index is 597. The predicted molar refractivity (Wildman–Crippen MR) is 81.8 cm³/mol. The Morgan fingerprint density at radius 1 is 1.45 bits per heavy atom. The van der Waals surface area contributed by atoms with Gasteiger partial charge in [0, 0.05) is 31.9 Å². The highest BCUT2D eigenvalue weighted by atomic mass is 32.2. The minimum Gasteiger partial charge on any atom is -0.372 e. The Balaban J connectivity index is 1.50. The number of rotatable bonds is 4. The van der Waals surface area contributed by atoms with Crippen molar-refractivity contribution in [3.05, 3.63) is 30.1 Å². The molecule has 2 aliphatic heterocycles. The summed E-state index contributed by atoms with van der Waals surface area (Å²) in [5.41, 5.74) is 0.844. The van der Waals surface area contributed by atoms with Gasteiger partial charge in [-0.05, 0) is 24.5 Å². The van der Waals surface area contributed by atoms with Gasteiger partial charge in [-0.1, -0.05) is 6.07 Å². The third kappa shape index (κ3) is 3.65. The first kappa shape index (κ1) is 15.9. The van der Waals surface area contributed by atoms with Crippen LogP contribution < -0.4 is 0 Å². The fourth-order valence-corrected chi connectivity index (χ4v) is 4.03.